The van der Waals surface area contributed by atoms with Gasteiger partial charge in [-0.2, -0.15) is 0 Å². The molecule has 6 heteroatoms. The second kappa shape index (κ2) is 14.1. The SMILES string of the molecule is C=C/C=C\C(=C/C)c1cc(-c2ccc(-n3c4ccccc4c4cc(-c5ncccn5)c5c(sc6c7ccccc7c7ccccc7c65)c43)cc2)nc(-c2ccccc2)n1. The Morgan fingerprint density at radius 1 is 0.593 bits per heavy atom. The number of nitrogens with zero attached hydrogens (tertiary/aromatic N) is 5. The monoisotopic (exact) mass is 773 g/mol. The van der Waals surface area contributed by atoms with E-state index in [2.05, 4.69) is 139 Å². The van der Waals surface area contributed by atoms with Crippen LogP contribution in [0, 0.1) is 0 Å². The summed E-state index contributed by atoms with van der Waals surface area (Å²) in [6.07, 6.45) is 11.5. The minimum absolute atomic E-state index is 0.682. The van der Waals surface area contributed by atoms with Crippen molar-refractivity contribution >= 4 is 80.4 Å². The molecule has 0 radical (unpaired) electrons. The van der Waals surface area contributed by atoms with Crippen LogP contribution >= 0.6 is 11.3 Å². The van der Waals surface area contributed by atoms with Crippen LogP contribution in [0.3, 0.4) is 0 Å². The van der Waals surface area contributed by atoms with Crippen LogP contribution < -0.4 is 0 Å². The van der Waals surface area contributed by atoms with Crippen molar-refractivity contribution in [3.05, 3.63) is 195 Å². The Labute approximate surface area is 344 Å². The molecule has 59 heavy (non-hydrogen) atoms. The Hall–Kier alpha value is -7.54. The number of para-hydroxylation sites is 1. The summed E-state index contributed by atoms with van der Waals surface area (Å²) in [5, 5.41) is 9.75. The molecule has 11 rings (SSSR count). The van der Waals surface area contributed by atoms with E-state index in [1.807, 2.05) is 67.1 Å². The highest BCUT2D eigenvalue weighted by Gasteiger charge is 2.24. The minimum atomic E-state index is 0.682. The topological polar surface area (TPSA) is 56.5 Å². The molecule has 0 aliphatic carbocycles. The number of fused-ring (bicyclic) bond motifs is 12. The van der Waals surface area contributed by atoms with E-state index >= 15 is 0 Å². The number of allylic oxidation sites excluding steroid dienone is 5. The van der Waals surface area contributed by atoms with Gasteiger partial charge in [0, 0.05) is 66.4 Å². The average molecular weight is 774 g/mol. The first kappa shape index (κ1) is 34.7. The fourth-order valence-electron chi connectivity index (χ4n) is 8.63. The lowest BCUT2D eigenvalue weighted by atomic mass is 9.94. The lowest BCUT2D eigenvalue weighted by Gasteiger charge is -2.12. The van der Waals surface area contributed by atoms with Gasteiger partial charge in [0.25, 0.3) is 0 Å². The van der Waals surface area contributed by atoms with Crippen molar-refractivity contribution in [2.24, 2.45) is 0 Å². The maximum atomic E-state index is 5.12. The normalized spacial score (nSPS) is 12.3. The molecule has 0 saturated heterocycles. The number of rotatable bonds is 7. The third kappa shape index (κ3) is 5.60. The molecule has 0 spiro atoms. The summed E-state index contributed by atoms with van der Waals surface area (Å²) in [5.74, 6) is 1.40. The lowest BCUT2D eigenvalue weighted by molar-refractivity contribution is 1.15. The maximum Gasteiger partial charge on any atom is 0.160 e. The fraction of sp³-hybridized carbons (Fsp3) is 0.0189. The highest BCUT2D eigenvalue weighted by atomic mass is 32.1. The number of hydrogen-bond acceptors (Lipinski definition) is 5. The van der Waals surface area contributed by atoms with Crippen LogP contribution in [0.4, 0.5) is 0 Å². The number of aromatic nitrogens is 5. The van der Waals surface area contributed by atoms with E-state index in [1.54, 1.807) is 6.08 Å². The van der Waals surface area contributed by atoms with E-state index in [0.29, 0.717) is 5.82 Å². The van der Waals surface area contributed by atoms with Crippen molar-refractivity contribution in [2.75, 3.05) is 0 Å². The van der Waals surface area contributed by atoms with Gasteiger partial charge in [-0.15, -0.1) is 11.3 Å². The third-order valence-corrected chi connectivity index (χ3v) is 12.5. The predicted molar refractivity (Wildman–Crippen MR) is 249 cm³/mol. The molecule has 11 aromatic rings. The van der Waals surface area contributed by atoms with Crippen LogP contribution in [0.5, 0.6) is 0 Å². The summed E-state index contributed by atoms with van der Waals surface area (Å²) in [5.41, 5.74) is 9.09. The molecular weight excluding hydrogens is 739 g/mol. The molecule has 0 bridgehead atoms. The number of benzene rings is 7. The summed E-state index contributed by atoms with van der Waals surface area (Å²) < 4.78 is 4.91. The van der Waals surface area contributed by atoms with Gasteiger partial charge in [0.1, 0.15) is 0 Å². The molecule has 0 aliphatic rings. The molecule has 0 unspecified atom stereocenters. The van der Waals surface area contributed by atoms with Crippen LogP contribution in [0.25, 0.3) is 109 Å². The van der Waals surface area contributed by atoms with Crippen molar-refractivity contribution in [1.29, 1.82) is 0 Å². The number of thiophene rings is 1. The van der Waals surface area contributed by atoms with Gasteiger partial charge in [0.05, 0.1) is 27.1 Å². The molecule has 278 valence electrons. The summed E-state index contributed by atoms with van der Waals surface area (Å²) in [6.45, 7) is 5.90. The Kier molecular flexibility index (Phi) is 8.31. The third-order valence-electron chi connectivity index (χ3n) is 11.3. The summed E-state index contributed by atoms with van der Waals surface area (Å²) >= 11 is 1.87. The first-order chi connectivity index (χ1) is 29.2. The molecule has 0 amide bonds. The van der Waals surface area contributed by atoms with Crippen molar-refractivity contribution in [3.63, 3.8) is 0 Å². The highest BCUT2D eigenvalue weighted by molar-refractivity contribution is 7.28. The molecule has 7 aromatic carbocycles. The molecule has 0 saturated carbocycles. The van der Waals surface area contributed by atoms with Crippen LogP contribution in [-0.4, -0.2) is 24.5 Å². The quantitative estimate of drug-likeness (QED) is 0.120. The van der Waals surface area contributed by atoms with Gasteiger partial charge >= 0.3 is 0 Å². The van der Waals surface area contributed by atoms with Gasteiger partial charge in [0.2, 0.25) is 0 Å². The van der Waals surface area contributed by atoms with E-state index in [1.165, 1.54) is 58.0 Å². The zero-order valence-corrected chi connectivity index (χ0v) is 33.0. The minimum Gasteiger partial charge on any atom is -0.308 e. The first-order valence-electron chi connectivity index (χ1n) is 19.7. The van der Waals surface area contributed by atoms with Crippen molar-refractivity contribution in [1.82, 2.24) is 24.5 Å². The van der Waals surface area contributed by atoms with Crippen molar-refractivity contribution < 1.29 is 0 Å². The van der Waals surface area contributed by atoms with Gasteiger partial charge in [-0.3, -0.25) is 0 Å². The second-order valence-electron chi connectivity index (χ2n) is 14.6. The predicted octanol–water partition coefficient (Wildman–Crippen LogP) is 14.2. The standard InChI is InChI=1S/C53H35N5S/c1-3-5-16-33(4-2)44-32-45(57-52(56-44)35-17-7-6-8-18-35)34-25-27-36(28-26-34)58-46-24-14-13-21-39(46)42-31-43(53-54-29-15-30-55-53)48-47-40-22-11-9-19-37(40)38-20-10-12-23-41(38)50(47)59-51(48)49(42)58/h3-32H,1H2,2H3/b16-5-,33-4+. The van der Waals surface area contributed by atoms with Gasteiger partial charge in [0.15, 0.2) is 11.6 Å². The van der Waals surface area contributed by atoms with Gasteiger partial charge in [-0.05, 0) is 65.1 Å². The largest absolute Gasteiger partial charge is 0.308 e. The van der Waals surface area contributed by atoms with Gasteiger partial charge in [-0.1, -0.05) is 140 Å². The Bertz CT molecular complexity index is 3510. The van der Waals surface area contributed by atoms with Crippen LogP contribution in [-0.2, 0) is 0 Å². The Morgan fingerprint density at radius 3 is 2.02 bits per heavy atom. The molecule has 4 heterocycles. The van der Waals surface area contributed by atoms with Crippen LogP contribution in [0.15, 0.2) is 189 Å². The van der Waals surface area contributed by atoms with Gasteiger partial charge in [-0.25, -0.2) is 19.9 Å². The maximum absolute atomic E-state index is 5.12. The molecule has 0 aliphatic heterocycles. The molecule has 0 N–H and O–H groups in total. The molecule has 5 nitrogen and oxygen atoms in total. The van der Waals surface area contributed by atoms with Crippen LogP contribution in [0.2, 0.25) is 0 Å². The fourth-order valence-corrected chi connectivity index (χ4v) is 10.0. The molecular formula is C53H35N5S. The molecule has 0 atom stereocenters. The van der Waals surface area contributed by atoms with Crippen LogP contribution in [0.1, 0.15) is 12.6 Å². The zero-order chi connectivity index (χ0) is 39.5. The van der Waals surface area contributed by atoms with Gasteiger partial charge < -0.3 is 4.57 Å². The van der Waals surface area contributed by atoms with E-state index in [4.69, 9.17) is 19.9 Å². The number of hydrogen-bond donors (Lipinski definition) is 0. The smallest absolute Gasteiger partial charge is 0.160 e. The Morgan fingerprint density at radius 2 is 1.27 bits per heavy atom. The molecule has 0 fully saturated rings. The lowest BCUT2D eigenvalue weighted by Crippen LogP contribution is -1.98. The van der Waals surface area contributed by atoms with Crippen molar-refractivity contribution in [3.8, 4) is 39.7 Å². The first-order valence-corrected chi connectivity index (χ1v) is 20.5. The van der Waals surface area contributed by atoms with E-state index in [0.717, 1.165) is 50.7 Å². The summed E-state index contributed by atoms with van der Waals surface area (Å²) in [4.78, 5) is 19.8. The summed E-state index contributed by atoms with van der Waals surface area (Å²) in [7, 11) is 0. The van der Waals surface area contributed by atoms with E-state index < -0.39 is 0 Å². The van der Waals surface area contributed by atoms with E-state index in [9.17, 15) is 0 Å². The zero-order valence-electron chi connectivity index (χ0n) is 32.2. The second-order valence-corrected chi connectivity index (χ2v) is 15.6. The summed E-state index contributed by atoms with van der Waals surface area (Å²) in [6, 6.07) is 51.6. The van der Waals surface area contributed by atoms with E-state index in [-0.39, 0.29) is 0 Å². The molecule has 4 aromatic heterocycles. The Balaban J connectivity index is 1.19. The average Bonchev–Trinajstić information content (AvgIpc) is 3.87. The van der Waals surface area contributed by atoms with Crippen molar-refractivity contribution in [2.45, 2.75) is 6.92 Å². The highest BCUT2D eigenvalue weighted by Crippen LogP contribution is 2.51.